The van der Waals surface area contributed by atoms with Crippen molar-refractivity contribution in [2.75, 3.05) is 5.75 Å². The molecule has 29 heavy (non-hydrogen) atoms. The summed E-state index contributed by atoms with van der Waals surface area (Å²) >= 11 is 0. The number of hydrogen-bond donors (Lipinski definition) is 0. The zero-order valence-corrected chi connectivity index (χ0v) is 19.3. The summed E-state index contributed by atoms with van der Waals surface area (Å²) in [5.41, 5.74) is 0. The van der Waals surface area contributed by atoms with Crippen molar-refractivity contribution in [3.63, 3.8) is 0 Å². The topological polar surface area (TPSA) is 43.4 Å². The van der Waals surface area contributed by atoms with E-state index in [1.165, 1.54) is 44.9 Å². The van der Waals surface area contributed by atoms with Crippen LogP contribution >= 0.6 is 8.15 Å². The highest BCUT2D eigenvalue weighted by atomic mass is 32.2. The third-order valence-electron chi connectivity index (χ3n) is 4.92. The molecule has 0 aliphatic carbocycles. The maximum Gasteiger partial charge on any atom is 0.270 e. The lowest BCUT2D eigenvalue weighted by Crippen LogP contribution is -2.18. The summed E-state index contributed by atoms with van der Waals surface area (Å²) in [6.45, 7) is 2.24. The molecule has 3 nitrogen and oxygen atoms in total. The average Bonchev–Trinajstić information content (AvgIpc) is 2.74. The van der Waals surface area contributed by atoms with Crippen molar-refractivity contribution in [1.82, 2.24) is 0 Å². The van der Waals surface area contributed by atoms with Crippen LogP contribution in [0.15, 0.2) is 60.7 Å². The van der Waals surface area contributed by atoms with Crippen LogP contribution in [0.3, 0.4) is 0 Å². The smallest absolute Gasteiger partial charge is 0.238 e. The minimum Gasteiger partial charge on any atom is -0.238 e. The summed E-state index contributed by atoms with van der Waals surface area (Å²) < 4.78 is 31.0. The summed E-state index contributed by atoms with van der Waals surface area (Å²) in [6.07, 6.45) is 11.8. The molecule has 0 aliphatic heterocycles. The molecule has 0 saturated heterocycles. The highest BCUT2D eigenvalue weighted by molar-refractivity contribution is 7.93. The van der Waals surface area contributed by atoms with E-state index in [4.69, 9.17) is 3.97 Å². The van der Waals surface area contributed by atoms with Gasteiger partial charge >= 0.3 is 0 Å². The van der Waals surface area contributed by atoms with Gasteiger partial charge in [-0.05, 0) is 6.42 Å². The molecular formula is C24H35O3PS. The Morgan fingerprint density at radius 1 is 0.655 bits per heavy atom. The quantitative estimate of drug-likeness (QED) is 0.244. The summed E-state index contributed by atoms with van der Waals surface area (Å²) in [7, 11) is -4.92. The normalized spacial score (nSPS) is 11.8. The standard InChI is InChI=1S/C24H35O3PS/c1-2-3-4-5-6-7-8-9-10-17-22-29(25,26)27-28(23-18-13-11-14-19-23)24-20-15-12-16-21-24/h11-16,18-21H,2-10,17,22H2,1H3. The Morgan fingerprint density at radius 2 is 1.07 bits per heavy atom. The van der Waals surface area contributed by atoms with Crippen LogP contribution in [0.2, 0.25) is 0 Å². The molecule has 0 saturated carbocycles. The number of unbranched alkanes of at least 4 members (excludes halogenated alkanes) is 9. The second kappa shape index (κ2) is 13.9. The molecule has 0 atom stereocenters. The van der Waals surface area contributed by atoms with Gasteiger partial charge in [-0.15, -0.1) is 0 Å². The molecule has 0 radical (unpaired) electrons. The first-order valence-electron chi connectivity index (χ1n) is 10.9. The molecule has 2 aromatic carbocycles. The van der Waals surface area contributed by atoms with Crippen molar-refractivity contribution in [2.24, 2.45) is 0 Å². The Hall–Kier alpha value is -1.22. The molecule has 0 amide bonds. The predicted octanol–water partition coefficient (Wildman–Crippen LogP) is 6.30. The fourth-order valence-electron chi connectivity index (χ4n) is 3.28. The fourth-order valence-corrected chi connectivity index (χ4v) is 6.92. The van der Waals surface area contributed by atoms with Crippen LogP contribution in [0.1, 0.15) is 71.1 Å². The molecule has 0 heterocycles. The van der Waals surface area contributed by atoms with Gasteiger partial charge in [0.2, 0.25) is 0 Å². The van der Waals surface area contributed by atoms with Gasteiger partial charge in [-0.25, -0.2) is 3.97 Å². The van der Waals surface area contributed by atoms with Gasteiger partial charge in [0.15, 0.2) is 0 Å². The first-order valence-corrected chi connectivity index (χ1v) is 13.8. The van der Waals surface area contributed by atoms with E-state index in [1.807, 2.05) is 60.7 Å². The van der Waals surface area contributed by atoms with Gasteiger partial charge in [-0.1, -0.05) is 125 Å². The maximum absolute atomic E-state index is 12.6. The second-order valence-corrected chi connectivity index (χ2v) is 11.2. The van der Waals surface area contributed by atoms with Crippen LogP contribution in [0.4, 0.5) is 0 Å². The lowest BCUT2D eigenvalue weighted by molar-refractivity contribution is 0.506. The Balaban J connectivity index is 1.77. The molecule has 0 bridgehead atoms. The van der Waals surface area contributed by atoms with E-state index in [2.05, 4.69) is 6.92 Å². The molecule has 2 rings (SSSR count). The van der Waals surface area contributed by atoms with Crippen LogP contribution < -0.4 is 10.6 Å². The molecule has 5 heteroatoms. The van der Waals surface area contributed by atoms with Crippen LogP contribution in [0.25, 0.3) is 0 Å². The lowest BCUT2D eigenvalue weighted by atomic mass is 10.1. The summed E-state index contributed by atoms with van der Waals surface area (Å²) in [6, 6.07) is 19.3. The van der Waals surface area contributed by atoms with E-state index in [9.17, 15) is 8.42 Å². The van der Waals surface area contributed by atoms with Crippen molar-refractivity contribution in [3.8, 4) is 0 Å². The second-order valence-electron chi connectivity index (χ2n) is 7.48. The molecule has 0 fully saturated rings. The van der Waals surface area contributed by atoms with E-state index in [0.29, 0.717) is 6.42 Å². The molecule has 0 unspecified atom stereocenters. The van der Waals surface area contributed by atoms with Crippen molar-refractivity contribution < 1.29 is 12.4 Å². The van der Waals surface area contributed by atoms with Crippen molar-refractivity contribution >= 4 is 28.9 Å². The summed E-state index contributed by atoms with van der Waals surface area (Å²) in [4.78, 5) is 0. The van der Waals surface area contributed by atoms with Gasteiger partial charge in [-0.3, -0.25) is 0 Å². The highest BCUT2D eigenvalue weighted by Crippen LogP contribution is 2.37. The zero-order valence-electron chi connectivity index (χ0n) is 17.6. The highest BCUT2D eigenvalue weighted by Gasteiger charge is 2.23. The van der Waals surface area contributed by atoms with Crippen LogP contribution in [0.5, 0.6) is 0 Å². The molecule has 160 valence electrons. The van der Waals surface area contributed by atoms with Gasteiger partial charge < -0.3 is 0 Å². The molecule has 0 aliphatic rings. The third-order valence-corrected chi connectivity index (χ3v) is 8.75. The van der Waals surface area contributed by atoms with Gasteiger partial charge in [0.05, 0.1) is 5.75 Å². The Kier molecular flexibility index (Phi) is 11.5. The predicted molar refractivity (Wildman–Crippen MR) is 126 cm³/mol. The van der Waals surface area contributed by atoms with Gasteiger partial charge in [0.25, 0.3) is 10.1 Å². The molecular weight excluding hydrogens is 399 g/mol. The van der Waals surface area contributed by atoms with E-state index < -0.39 is 18.3 Å². The zero-order chi connectivity index (χ0) is 20.8. The van der Waals surface area contributed by atoms with Crippen molar-refractivity contribution in [2.45, 2.75) is 71.1 Å². The largest absolute Gasteiger partial charge is 0.270 e. The Morgan fingerprint density at radius 3 is 1.52 bits per heavy atom. The van der Waals surface area contributed by atoms with E-state index >= 15 is 0 Å². The fraction of sp³-hybridized carbons (Fsp3) is 0.500. The average molecular weight is 435 g/mol. The van der Waals surface area contributed by atoms with E-state index in [1.54, 1.807) is 0 Å². The van der Waals surface area contributed by atoms with Gasteiger partial charge in [-0.2, -0.15) is 8.42 Å². The molecule has 2 aromatic rings. The minimum atomic E-state index is -3.56. The number of hydrogen-bond acceptors (Lipinski definition) is 3. The monoisotopic (exact) mass is 434 g/mol. The van der Waals surface area contributed by atoms with Crippen LogP contribution in [-0.2, 0) is 14.1 Å². The first kappa shape index (κ1) is 24.1. The Labute approximate surface area is 178 Å². The molecule has 0 spiro atoms. The summed E-state index contributed by atoms with van der Waals surface area (Å²) in [5, 5.41) is 1.83. The Bertz CT molecular complexity index is 724. The maximum atomic E-state index is 12.6. The number of benzene rings is 2. The molecule has 0 N–H and O–H groups in total. The molecule has 0 aromatic heterocycles. The van der Waals surface area contributed by atoms with Crippen LogP contribution in [-0.4, -0.2) is 14.2 Å². The van der Waals surface area contributed by atoms with E-state index in [-0.39, 0.29) is 5.75 Å². The van der Waals surface area contributed by atoms with E-state index in [0.717, 1.165) is 23.5 Å². The SMILES string of the molecule is CCCCCCCCCCCCS(=O)(=O)OP(c1ccccc1)c1ccccc1. The minimum absolute atomic E-state index is 0.0992. The van der Waals surface area contributed by atoms with Gasteiger partial charge in [0.1, 0.15) is 8.15 Å². The van der Waals surface area contributed by atoms with Gasteiger partial charge in [0, 0.05) is 10.6 Å². The van der Waals surface area contributed by atoms with Crippen molar-refractivity contribution in [1.29, 1.82) is 0 Å². The van der Waals surface area contributed by atoms with Crippen molar-refractivity contribution in [3.05, 3.63) is 60.7 Å². The first-order chi connectivity index (χ1) is 14.1. The summed E-state index contributed by atoms with van der Waals surface area (Å²) in [5.74, 6) is 0.0992. The van der Waals surface area contributed by atoms with Crippen LogP contribution in [0, 0.1) is 0 Å². The number of rotatable bonds is 15. The lowest BCUT2D eigenvalue weighted by Gasteiger charge is -2.18. The third kappa shape index (κ3) is 9.89.